The third kappa shape index (κ3) is 3.62. The van der Waals surface area contributed by atoms with Crippen LogP contribution in [0.4, 0.5) is 5.82 Å². The number of carbonyl (C=O) groups is 1. The second-order valence-corrected chi connectivity index (χ2v) is 6.20. The Morgan fingerprint density at radius 1 is 1.29 bits per heavy atom. The molecule has 124 valence electrons. The quantitative estimate of drug-likeness (QED) is 0.614. The molecule has 7 heteroatoms. The van der Waals surface area contributed by atoms with Crippen molar-refractivity contribution in [2.45, 2.75) is 0 Å². The summed E-state index contributed by atoms with van der Waals surface area (Å²) in [6, 6.07) is 11.6. The summed E-state index contributed by atoms with van der Waals surface area (Å²) < 4.78 is 1.60. The molecule has 3 rings (SSSR count). The van der Waals surface area contributed by atoms with Crippen LogP contribution in [0.1, 0.15) is 5.56 Å². The standard InChI is InChI=1S/C17H20N6O/c1-21-7-9-22(10-8-21)13-16(24)20-17-14(11-18)12-19-23(17)15-5-3-2-4-6-15/h2-6,12H,7-10,13H2,1H3,(H,20,24)/p+2. The number of hydrogen-bond donors (Lipinski definition) is 3. The fourth-order valence-electron chi connectivity index (χ4n) is 2.93. The van der Waals surface area contributed by atoms with Gasteiger partial charge < -0.3 is 15.1 Å². The molecule has 1 amide bonds. The molecule has 24 heavy (non-hydrogen) atoms. The van der Waals surface area contributed by atoms with Gasteiger partial charge in [0.1, 0.15) is 37.8 Å². The first-order valence-corrected chi connectivity index (χ1v) is 8.15. The molecule has 3 N–H and O–H groups in total. The number of piperazine rings is 1. The highest BCUT2D eigenvalue weighted by atomic mass is 16.2. The summed E-state index contributed by atoms with van der Waals surface area (Å²) >= 11 is 0. The number of amides is 1. The summed E-state index contributed by atoms with van der Waals surface area (Å²) in [5.74, 6) is 0.353. The lowest BCUT2D eigenvalue weighted by Gasteiger charge is -2.26. The van der Waals surface area contributed by atoms with Crippen LogP contribution >= 0.6 is 0 Å². The Morgan fingerprint density at radius 3 is 2.67 bits per heavy atom. The Balaban J connectivity index is 1.73. The molecule has 2 aromatic rings. The zero-order chi connectivity index (χ0) is 16.9. The Hall–Kier alpha value is -2.69. The molecule has 1 aromatic heterocycles. The van der Waals surface area contributed by atoms with Gasteiger partial charge in [0.15, 0.2) is 12.4 Å². The van der Waals surface area contributed by atoms with Crippen molar-refractivity contribution in [1.29, 1.82) is 5.26 Å². The topological polar surface area (TPSA) is 79.6 Å². The number of benzene rings is 1. The molecule has 0 radical (unpaired) electrons. The summed E-state index contributed by atoms with van der Waals surface area (Å²) in [5, 5.41) is 16.4. The van der Waals surface area contributed by atoms with Crippen molar-refractivity contribution in [2.24, 2.45) is 0 Å². The van der Waals surface area contributed by atoms with Gasteiger partial charge in [0, 0.05) is 0 Å². The number of hydrogen-bond acceptors (Lipinski definition) is 3. The van der Waals surface area contributed by atoms with E-state index in [1.165, 1.54) is 16.0 Å². The highest BCUT2D eigenvalue weighted by molar-refractivity contribution is 5.92. The van der Waals surface area contributed by atoms with E-state index in [2.05, 4.69) is 23.5 Å². The molecule has 0 atom stereocenters. The van der Waals surface area contributed by atoms with Gasteiger partial charge in [0.05, 0.1) is 18.9 Å². The van der Waals surface area contributed by atoms with E-state index in [0.29, 0.717) is 17.9 Å². The van der Waals surface area contributed by atoms with E-state index < -0.39 is 0 Å². The van der Waals surface area contributed by atoms with Gasteiger partial charge in [-0.1, -0.05) is 18.2 Å². The van der Waals surface area contributed by atoms with Gasteiger partial charge >= 0.3 is 0 Å². The molecule has 2 heterocycles. The second kappa shape index (κ2) is 7.25. The van der Waals surface area contributed by atoms with Crippen molar-refractivity contribution in [3.05, 3.63) is 42.1 Å². The maximum atomic E-state index is 12.4. The molecule has 0 saturated carbocycles. The molecule has 1 saturated heterocycles. The number of anilines is 1. The van der Waals surface area contributed by atoms with Gasteiger partial charge in [-0.25, -0.2) is 4.68 Å². The average molecular weight is 326 g/mol. The monoisotopic (exact) mass is 326 g/mol. The lowest BCUT2D eigenvalue weighted by atomic mass is 10.3. The summed E-state index contributed by atoms with van der Waals surface area (Å²) in [6.07, 6.45) is 1.48. The number of nitriles is 1. The Morgan fingerprint density at radius 2 is 2.00 bits per heavy atom. The lowest BCUT2D eigenvalue weighted by Crippen LogP contribution is -3.27. The normalized spacial score (nSPS) is 20.3. The van der Waals surface area contributed by atoms with Crippen LogP contribution in [0.2, 0.25) is 0 Å². The van der Waals surface area contributed by atoms with Crippen LogP contribution < -0.4 is 15.1 Å². The minimum atomic E-state index is -0.0845. The largest absolute Gasteiger partial charge is 0.328 e. The molecule has 7 nitrogen and oxygen atoms in total. The highest BCUT2D eigenvalue weighted by Gasteiger charge is 2.23. The first-order valence-electron chi connectivity index (χ1n) is 8.15. The van der Waals surface area contributed by atoms with Crippen molar-refractivity contribution in [3.63, 3.8) is 0 Å². The maximum Gasteiger partial charge on any atom is 0.280 e. The number of quaternary nitrogens is 2. The smallest absolute Gasteiger partial charge is 0.280 e. The summed E-state index contributed by atoms with van der Waals surface area (Å²) in [6.45, 7) is 4.55. The molecule has 1 aromatic carbocycles. The predicted molar refractivity (Wildman–Crippen MR) is 89.1 cm³/mol. The second-order valence-electron chi connectivity index (χ2n) is 6.20. The van der Waals surface area contributed by atoms with E-state index in [-0.39, 0.29) is 5.91 Å². The van der Waals surface area contributed by atoms with Crippen LogP contribution in [0.15, 0.2) is 36.5 Å². The van der Waals surface area contributed by atoms with Crippen LogP contribution in [0.5, 0.6) is 0 Å². The van der Waals surface area contributed by atoms with Crippen molar-refractivity contribution in [2.75, 3.05) is 45.1 Å². The van der Waals surface area contributed by atoms with Gasteiger partial charge in [0.25, 0.3) is 5.91 Å². The third-order valence-electron chi connectivity index (χ3n) is 4.37. The van der Waals surface area contributed by atoms with Crippen LogP contribution in [0.25, 0.3) is 5.69 Å². The van der Waals surface area contributed by atoms with Crippen molar-refractivity contribution in [1.82, 2.24) is 9.78 Å². The number of nitrogens with zero attached hydrogens (tertiary/aromatic N) is 3. The Kier molecular flexibility index (Phi) is 4.89. The molecule has 0 unspecified atom stereocenters. The number of aromatic nitrogens is 2. The molecule has 1 aliphatic heterocycles. The first kappa shape index (κ1) is 16.2. The third-order valence-corrected chi connectivity index (χ3v) is 4.37. The van der Waals surface area contributed by atoms with Crippen molar-refractivity contribution >= 4 is 11.7 Å². The van der Waals surface area contributed by atoms with Crippen LogP contribution in [0, 0.1) is 11.3 Å². The van der Waals surface area contributed by atoms with E-state index in [4.69, 9.17) is 0 Å². The maximum absolute atomic E-state index is 12.4. The van der Waals surface area contributed by atoms with Gasteiger partial charge in [-0.15, -0.1) is 0 Å². The minimum Gasteiger partial charge on any atom is -0.328 e. The van der Waals surface area contributed by atoms with Gasteiger partial charge in [-0.2, -0.15) is 10.4 Å². The Labute approximate surface area is 141 Å². The fourth-order valence-corrected chi connectivity index (χ4v) is 2.93. The van der Waals surface area contributed by atoms with Gasteiger partial charge in [-0.05, 0) is 12.1 Å². The molecule has 0 spiro atoms. The highest BCUT2D eigenvalue weighted by Crippen LogP contribution is 2.19. The molecular formula is C17H22N6O+2. The SMILES string of the molecule is C[NH+]1CC[NH+](CC(=O)Nc2c(C#N)cnn2-c2ccccc2)CC1. The van der Waals surface area contributed by atoms with Crippen LogP contribution in [0.3, 0.4) is 0 Å². The zero-order valence-electron chi connectivity index (χ0n) is 13.7. The molecule has 1 fully saturated rings. The van der Waals surface area contributed by atoms with Crippen LogP contribution in [-0.2, 0) is 4.79 Å². The van der Waals surface area contributed by atoms with E-state index in [0.717, 1.165) is 31.9 Å². The number of rotatable bonds is 4. The van der Waals surface area contributed by atoms with Crippen LogP contribution in [-0.4, -0.2) is 55.5 Å². The summed E-state index contributed by atoms with van der Waals surface area (Å²) in [7, 11) is 2.18. The molecular weight excluding hydrogens is 304 g/mol. The van der Waals surface area contributed by atoms with E-state index in [1.807, 2.05) is 30.3 Å². The number of carbonyl (C=O) groups excluding carboxylic acids is 1. The van der Waals surface area contributed by atoms with E-state index >= 15 is 0 Å². The molecule has 1 aliphatic rings. The Bertz CT molecular complexity index is 740. The first-order chi connectivity index (χ1) is 11.7. The number of para-hydroxylation sites is 1. The minimum absolute atomic E-state index is 0.0845. The van der Waals surface area contributed by atoms with Gasteiger partial charge in [-0.3, -0.25) is 4.79 Å². The average Bonchev–Trinajstić information content (AvgIpc) is 3.00. The molecule has 0 bridgehead atoms. The fraction of sp³-hybridized carbons (Fsp3) is 0.353. The zero-order valence-corrected chi connectivity index (χ0v) is 13.7. The lowest BCUT2D eigenvalue weighted by molar-refractivity contribution is -0.999. The van der Waals surface area contributed by atoms with E-state index in [9.17, 15) is 10.1 Å². The summed E-state index contributed by atoms with van der Waals surface area (Å²) in [4.78, 5) is 15.2. The number of nitrogens with one attached hydrogen (secondary N) is 3. The van der Waals surface area contributed by atoms with E-state index in [1.54, 1.807) is 4.68 Å². The number of likely N-dealkylation sites (N-methyl/N-ethyl adjacent to an activating group) is 1. The molecule has 0 aliphatic carbocycles. The predicted octanol–water partition coefficient (Wildman–Crippen LogP) is -1.90. The summed E-state index contributed by atoms with van der Waals surface area (Å²) in [5.41, 5.74) is 1.18. The van der Waals surface area contributed by atoms with Crippen molar-refractivity contribution < 1.29 is 14.6 Å². The van der Waals surface area contributed by atoms with Crippen molar-refractivity contribution in [3.8, 4) is 11.8 Å². The van der Waals surface area contributed by atoms with Gasteiger partial charge in [0.2, 0.25) is 0 Å².